The fourth-order valence-electron chi connectivity index (χ4n) is 0.964. The second-order valence-electron chi connectivity index (χ2n) is 3.08. The average molecular weight is 341 g/mol. The number of methoxy groups -OCH3 is 1. The highest BCUT2D eigenvalue weighted by Crippen LogP contribution is 2.09. The molecule has 0 amide bonds. The van der Waals surface area contributed by atoms with Gasteiger partial charge in [0.25, 0.3) is 0 Å². The first-order valence-electron chi connectivity index (χ1n) is 5.10. The van der Waals surface area contributed by atoms with Gasteiger partial charge in [-0.25, -0.2) is 24.5 Å². The molecular weight excluding hydrogens is 332 g/mol. The van der Waals surface area contributed by atoms with Crippen LogP contribution in [0.1, 0.15) is 21.0 Å². The Bertz CT molecular complexity index is 594. The van der Waals surface area contributed by atoms with Crippen LogP contribution in [-0.2, 0) is 4.74 Å². The quantitative estimate of drug-likeness (QED) is 0.810. The zero-order valence-corrected chi connectivity index (χ0v) is 11.8. The van der Waals surface area contributed by atoms with Gasteiger partial charge in [0.05, 0.1) is 13.3 Å². The summed E-state index contributed by atoms with van der Waals surface area (Å²) in [5, 5.41) is 8.28. The van der Waals surface area contributed by atoms with Gasteiger partial charge in [-0.15, -0.1) is 0 Å². The van der Waals surface area contributed by atoms with Crippen molar-refractivity contribution < 1.29 is 19.4 Å². The number of rotatable bonds is 2. The lowest BCUT2D eigenvalue weighted by Gasteiger charge is -1.97. The molecule has 2 heterocycles. The van der Waals surface area contributed by atoms with Crippen LogP contribution in [0.25, 0.3) is 0 Å². The van der Waals surface area contributed by atoms with Crippen LogP contribution < -0.4 is 0 Å². The highest BCUT2D eigenvalue weighted by atomic mass is 79.9. The average Bonchev–Trinajstić information content (AvgIpc) is 2.48. The van der Waals surface area contributed by atoms with Crippen LogP contribution in [0, 0.1) is 0 Å². The molecule has 9 heteroatoms. The predicted molar refractivity (Wildman–Crippen MR) is 70.1 cm³/mol. The van der Waals surface area contributed by atoms with Gasteiger partial charge < -0.3 is 9.84 Å². The van der Waals surface area contributed by atoms with E-state index in [9.17, 15) is 9.59 Å². The van der Waals surface area contributed by atoms with Gasteiger partial charge in [-0.05, 0) is 15.9 Å². The molecular formula is C11H9BrN4O4. The van der Waals surface area contributed by atoms with E-state index in [4.69, 9.17) is 5.11 Å². The number of carboxylic acids is 1. The van der Waals surface area contributed by atoms with Gasteiger partial charge in [0.1, 0.15) is 4.60 Å². The summed E-state index contributed by atoms with van der Waals surface area (Å²) < 4.78 is 4.84. The molecule has 0 aromatic carbocycles. The molecule has 2 rings (SSSR count). The molecule has 0 atom stereocenters. The number of hydrogen-bond acceptors (Lipinski definition) is 7. The molecule has 0 aliphatic heterocycles. The summed E-state index contributed by atoms with van der Waals surface area (Å²) in [6, 6.07) is 0. The minimum Gasteiger partial charge on any atom is -0.476 e. The van der Waals surface area contributed by atoms with Crippen LogP contribution in [-0.4, -0.2) is 44.1 Å². The zero-order chi connectivity index (χ0) is 15.0. The van der Waals surface area contributed by atoms with E-state index in [2.05, 4.69) is 40.6 Å². The van der Waals surface area contributed by atoms with Crippen LogP contribution in [0.5, 0.6) is 0 Å². The van der Waals surface area contributed by atoms with Gasteiger partial charge in [-0.2, -0.15) is 0 Å². The van der Waals surface area contributed by atoms with Crippen LogP contribution >= 0.6 is 15.9 Å². The largest absolute Gasteiger partial charge is 0.476 e. The van der Waals surface area contributed by atoms with E-state index in [1.165, 1.54) is 38.1 Å². The van der Waals surface area contributed by atoms with E-state index < -0.39 is 11.9 Å². The highest BCUT2D eigenvalue weighted by Gasteiger charge is 2.11. The predicted octanol–water partition coefficient (Wildman–Crippen LogP) is 1.20. The molecule has 0 saturated carbocycles. The second-order valence-corrected chi connectivity index (χ2v) is 3.83. The topological polar surface area (TPSA) is 115 Å². The fourth-order valence-corrected chi connectivity index (χ4v) is 1.35. The van der Waals surface area contributed by atoms with Crippen molar-refractivity contribution in [1.82, 2.24) is 19.9 Å². The first-order chi connectivity index (χ1) is 9.56. The third-order valence-electron chi connectivity index (χ3n) is 1.81. The van der Waals surface area contributed by atoms with Crippen molar-refractivity contribution in [2.24, 2.45) is 0 Å². The first-order valence-corrected chi connectivity index (χ1v) is 5.89. The molecule has 0 fully saturated rings. The minimum atomic E-state index is -1.05. The molecule has 2 aromatic heterocycles. The molecule has 104 valence electrons. The third-order valence-corrected chi connectivity index (χ3v) is 2.39. The minimum absolute atomic E-state index is 0.0301. The van der Waals surface area contributed by atoms with Gasteiger partial charge in [-0.3, -0.25) is 4.98 Å². The van der Waals surface area contributed by atoms with Crippen molar-refractivity contribution >= 4 is 27.9 Å². The summed E-state index contributed by atoms with van der Waals surface area (Å²) in [6.07, 6.45) is 6.87. The monoisotopic (exact) mass is 340 g/mol. The van der Waals surface area contributed by atoms with Crippen molar-refractivity contribution in [3.8, 4) is 0 Å². The zero-order valence-electron chi connectivity index (χ0n) is 10.2. The SMILES string of the molecule is COC(=O)c1nccnc1Br.O=C(O)c1cnccn1. The Morgan fingerprint density at radius 1 is 1.15 bits per heavy atom. The van der Waals surface area contributed by atoms with Gasteiger partial charge in [-0.1, -0.05) is 0 Å². The molecule has 1 N–H and O–H groups in total. The number of carbonyl (C=O) groups is 2. The number of hydrogen-bond donors (Lipinski definition) is 1. The molecule has 8 nitrogen and oxygen atoms in total. The summed E-state index contributed by atoms with van der Waals surface area (Å²) in [5.41, 5.74) is 0.160. The van der Waals surface area contributed by atoms with E-state index in [1.54, 1.807) is 0 Å². The molecule has 0 radical (unpaired) electrons. The molecule has 20 heavy (non-hydrogen) atoms. The van der Waals surface area contributed by atoms with E-state index in [-0.39, 0.29) is 11.4 Å². The summed E-state index contributed by atoms with van der Waals surface area (Å²) in [5.74, 6) is -1.55. The van der Waals surface area contributed by atoms with Crippen LogP contribution in [0.15, 0.2) is 35.6 Å². The maximum absolute atomic E-state index is 10.9. The summed E-state index contributed by atoms with van der Waals surface area (Å²) >= 11 is 3.06. The Labute approximate surface area is 122 Å². The maximum atomic E-state index is 10.9. The lowest BCUT2D eigenvalue weighted by molar-refractivity contribution is 0.0591. The van der Waals surface area contributed by atoms with Gasteiger partial charge in [0, 0.05) is 24.8 Å². The molecule has 0 saturated heterocycles. The number of carbonyl (C=O) groups excluding carboxylic acids is 1. The normalized spacial score (nSPS) is 9.10. The number of ether oxygens (including phenoxy) is 1. The number of halogens is 1. The van der Waals surface area contributed by atoms with Crippen LogP contribution in [0.4, 0.5) is 0 Å². The van der Waals surface area contributed by atoms with Crippen molar-refractivity contribution in [1.29, 1.82) is 0 Å². The van der Waals surface area contributed by atoms with Crippen molar-refractivity contribution in [2.75, 3.05) is 7.11 Å². The Hall–Kier alpha value is -2.42. The van der Waals surface area contributed by atoms with Crippen molar-refractivity contribution in [3.63, 3.8) is 0 Å². The summed E-state index contributed by atoms with van der Waals surface area (Å²) in [7, 11) is 1.30. The molecule has 0 spiro atoms. The molecule has 0 aliphatic carbocycles. The Morgan fingerprint density at radius 3 is 2.25 bits per heavy atom. The lowest BCUT2D eigenvalue weighted by Crippen LogP contribution is -2.05. The number of nitrogens with zero attached hydrogens (tertiary/aromatic N) is 4. The van der Waals surface area contributed by atoms with Crippen molar-refractivity contribution in [3.05, 3.63) is 47.0 Å². The van der Waals surface area contributed by atoms with Crippen molar-refractivity contribution in [2.45, 2.75) is 0 Å². The van der Waals surface area contributed by atoms with Crippen LogP contribution in [0.3, 0.4) is 0 Å². The highest BCUT2D eigenvalue weighted by molar-refractivity contribution is 9.10. The smallest absolute Gasteiger partial charge is 0.359 e. The number of esters is 1. The lowest BCUT2D eigenvalue weighted by atomic mass is 10.5. The van der Waals surface area contributed by atoms with Gasteiger partial charge in [0.2, 0.25) is 0 Å². The standard InChI is InChI=1S/C6H5BrN2O2.C5H4N2O2/c1-11-6(10)4-5(7)9-3-2-8-4;8-5(9)4-3-6-1-2-7-4/h2-3H,1H3;1-3H,(H,8,9). The molecule has 0 bridgehead atoms. The fraction of sp³-hybridized carbons (Fsp3) is 0.0909. The summed E-state index contributed by atoms with van der Waals surface area (Å²) in [4.78, 5) is 35.6. The van der Waals surface area contributed by atoms with Crippen LogP contribution in [0.2, 0.25) is 0 Å². The molecule has 0 aliphatic rings. The first kappa shape index (κ1) is 15.6. The van der Waals surface area contributed by atoms with Gasteiger partial charge >= 0.3 is 11.9 Å². The number of aromatic nitrogens is 4. The maximum Gasteiger partial charge on any atom is 0.359 e. The third kappa shape index (κ3) is 4.69. The Kier molecular flexibility index (Phi) is 6.17. The van der Waals surface area contributed by atoms with E-state index in [0.717, 1.165) is 0 Å². The summed E-state index contributed by atoms with van der Waals surface area (Å²) in [6.45, 7) is 0. The second kappa shape index (κ2) is 7.89. The van der Waals surface area contributed by atoms with E-state index in [1.807, 2.05) is 0 Å². The molecule has 2 aromatic rings. The van der Waals surface area contributed by atoms with E-state index in [0.29, 0.717) is 4.60 Å². The number of aromatic carboxylic acids is 1. The Balaban J connectivity index is 0.000000204. The molecule has 0 unspecified atom stereocenters. The Morgan fingerprint density at radius 2 is 1.80 bits per heavy atom. The number of carboxylic acid groups (broad SMARTS) is 1. The van der Waals surface area contributed by atoms with E-state index >= 15 is 0 Å². The van der Waals surface area contributed by atoms with Gasteiger partial charge in [0.15, 0.2) is 11.4 Å².